The summed E-state index contributed by atoms with van der Waals surface area (Å²) in [5.41, 5.74) is 12.1. The van der Waals surface area contributed by atoms with E-state index >= 15 is 0 Å². The van der Waals surface area contributed by atoms with Crippen LogP contribution in [-0.2, 0) is 26.8 Å². The van der Waals surface area contributed by atoms with E-state index in [0.717, 1.165) is 6.42 Å². The van der Waals surface area contributed by atoms with Crippen molar-refractivity contribution in [1.29, 1.82) is 0 Å². The summed E-state index contributed by atoms with van der Waals surface area (Å²) in [6.45, 7) is 17.1. The van der Waals surface area contributed by atoms with Gasteiger partial charge in [-0.05, 0) is 0 Å². The Morgan fingerprint density at radius 2 is 1.45 bits per heavy atom. The normalized spacial score (nSPS) is 19.1. The maximum Gasteiger partial charge on any atom is -0.147 e. The van der Waals surface area contributed by atoms with E-state index < -0.39 is 20.4 Å². The fourth-order valence-electron chi connectivity index (χ4n) is 5.65. The number of fused-ring (bicyclic) bond motifs is 1. The molecule has 176 valence electrons. The predicted octanol–water partition coefficient (Wildman–Crippen LogP) is 9.10. The van der Waals surface area contributed by atoms with Crippen molar-refractivity contribution in [2.45, 2.75) is 64.2 Å². The molecule has 0 bridgehead atoms. The molecule has 0 nitrogen and oxygen atoms in total. The van der Waals surface area contributed by atoms with Crippen LogP contribution < -0.4 is 0 Å². The fourth-order valence-corrected chi connectivity index (χ4v) is 25.3. The summed E-state index contributed by atoms with van der Waals surface area (Å²) < 4.78 is 2.59. The number of hydrogen-bond donors (Lipinski definition) is 0. The third-order valence-corrected chi connectivity index (χ3v) is 26.1. The number of rotatable bonds is 5. The molecule has 0 aromatic heterocycles. The van der Waals surface area contributed by atoms with Crippen molar-refractivity contribution < 1.29 is 20.4 Å². The van der Waals surface area contributed by atoms with Gasteiger partial charge in [0.15, 0.2) is 0 Å². The van der Waals surface area contributed by atoms with Gasteiger partial charge in [0.1, 0.15) is 0 Å². The van der Waals surface area contributed by atoms with E-state index in [2.05, 4.69) is 102 Å². The van der Waals surface area contributed by atoms with Gasteiger partial charge in [0.25, 0.3) is 0 Å². The third kappa shape index (κ3) is 5.16. The Balaban J connectivity index is 0.00000193. The zero-order valence-electron chi connectivity index (χ0n) is 21.1. The van der Waals surface area contributed by atoms with Crippen molar-refractivity contribution in [2.75, 3.05) is 0 Å². The molecule has 0 saturated heterocycles. The second-order valence-electron chi connectivity index (χ2n) is 9.53. The van der Waals surface area contributed by atoms with E-state index in [4.69, 9.17) is 0 Å². The third-order valence-electron chi connectivity index (χ3n) is 7.53. The summed E-state index contributed by atoms with van der Waals surface area (Å²) in [6.07, 6.45) is 5.08. The Kier molecular flexibility index (Phi) is 10.3. The van der Waals surface area contributed by atoms with Crippen molar-refractivity contribution in [1.82, 2.24) is 0 Å². The zero-order chi connectivity index (χ0) is 22.3. The van der Waals surface area contributed by atoms with Gasteiger partial charge in [-0.1, -0.05) is 0 Å². The topological polar surface area (TPSA) is 0 Å². The number of allylic oxidation sites excluding steroid dienone is 5. The molecule has 33 heavy (non-hydrogen) atoms. The maximum absolute atomic E-state index is 2.72. The number of benzene rings is 2. The molecule has 0 amide bonds. The first kappa shape index (κ1) is 28.6. The van der Waals surface area contributed by atoms with Crippen molar-refractivity contribution in [3.05, 3.63) is 96.9 Å². The monoisotopic (exact) mass is 574 g/mol. The molecule has 4 rings (SSSR count). The first-order valence-corrected chi connectivity index (χ1v) is 20.7. The molecule has 4 heteroatoms. The Bertz CT molecular complexity index is 1170. The minimum absolute atomic E-state index is 0. The van der Waals surface area contributed by atoms with Crippen LogP contribution in [0.5, 0.6) is 0 Å². The van der Waals surface area contributed by atoms with E-state index in [1.807, 2.05) is 3.28 Å². The van der Waals surface area contributed by atoms with Crippen LogP contribution in [0.25, 0.3) is 5.57 Å². The Morgan fingerprint density at radius 1 is 0.848 bits per heavy atom. The minimum Gasteiger partial charge on any atom is -0.147 e. The van der Waals surface area contributed by atoms with Gasteiger partial charge in [0, 0.05) is 0 Å². The fraction of sp³-hybridized carbons (Fsp3) is 0.379. The Labute approximate surface area is 221 Å². The van der Waals surface area contributed by atoms with Crippen LogP contribution in [0.4, 0.5) is 0 Å². The largest absolute Gasteiger partial charge is 0.147 e. The average Bonchev–Trinajstić information content (AvgIpc) is 3.22. The SMILES string of the molecule is CCCc1ccccc1C1=C[CH]([Zr]([C]2=C(C)C(C)=C(C)C2C)=[Si](C)C)c2ccccc21.Cl.Cl. The zero-order valence-corrected chi connectivity index (χ0v) is 26.2. The number of aryl methyl sites for hydroxylation is 1. The summed E-state index contributed by atoms with van der Waals surface area (Å²) in [5.74, 6) is 0.659. The molecule has 0 radical (unpaired) electrons. The summed E-state index contributed by atoms with van der Waals surface area (Å²) in [4.78, 5) is 0. The molecule has 0 N–H and O–H groups in total. The summed E-state index contributed by atoms with van der Waals surface area (Å²) in [7, 11) is 0. The molecule has 2 aliphatic rings. The van der Waals surface area contributed by atoms with Gasteiger partial charge >= 0.3 is 198 Å². The van der Waals surface area contributed by atoms with E-state index in [1.54, 1.807) is 22.3 Å². The molecule has 2 aromatic rings. The van der Waals surface area contributed by atoms with E-state index in [9.17, 15) is 0 Å². The molecular weight excluding hydrogens is 539 g/mol. The summed E-state index contributed by atoms with van der Waals surface area (Å²) in [5, 5.41) is 0. The molecule has 0 spiro atoms. The van der Waals surface area contributed by atoms with Gasteiger partial charge in [0.05, 0.1) is 0 Å². The first-order valence-electron chi connectivity index (χ1n) is 11.8. The maximum atomic E-state index is 2.72. The second-order valence-corrected chi connectivity index (χ2v) is 27.0. The minimum atomic E-state index is -1.92. The van der Waals surface area contributed by atoms with Crippen LogP contribution >= 0.6 is 24.8 Å². The first-order chi connectivity index (χ1) is 14.9. The van der Waals surface area contributed by atoms with Crippen LogP contribution in [0, 0.1) is 5.92 Å². The Morgan fingerprint density at radius 3 is 2.03 bits per heavy atom. The van der Waals surface area contributed by atoms with Gasteiger partial charge in [-0.2, -0.15) is 0 Å². The molecule has 2 atom stereocenters. The Hall–Kier alpha value is -0.660. The van der Waals surface area contributed by atoms with Crippen molar-refractivity contribution in [3.8, 4) is 0 Å². The van der Waals surface area contributed by atoms with Crippen molar-refractivity contribution in [3.63, 3.8) is 0 Å². The molecule has 2 aromatic carbocycles. The quantitative estimate of drug-likeness (QED) is 0.312. The van der Waals surface area contributed by atoms with Crippen molar-refractivity contribution >= 4 is 35.8 Å². The molecular formula is C29H38Cl2SiZr. The predicted molar refractivity (Wildman–Crippen MR) is 149 cm³/mol. The average molecular weight is 577 g/mol. The van der Waals surface area contributed by atoms with Crippen LogP contribution in [0.1, 0.15) is 66.9 Å². The van der Waals surface area contributed by atoms with Gasteiger partial charge in [-0.25, -0.2) is 0 Å². The van der Waals surface area contributed by atoms with E-state index in [-0.39, 0.29) is 30.2 Å². The molecule has 0 fully saturated rings. The molecule has 2 aliphatic carbocycles. The van der Waals surface area contributed by atoms with Crippen LogP contribution in [0.15, 0.2) is 74.6 Å². The van der Waals surface area contributed by atoms with E-state index in [1.165, 1.54) is 28.7 Å². The molecule has 0 saturated carbocycles. The molecule has 2 unspecified atom stereocenters. The summed E-state index contributed by atoms with van der Waals surface area (Å²) in [6, 6.07) is 18.5. The van der Waals surface area contributed by atoms with Crippen LogP contribution in [0.2, 0.25) is 13.1 Å². The van der Waals surface area contributed by atoms with Crippen LogP contribution in [0.3, 0.4) is 0 Å². The van der Waals surface area contributed by atoms with Gasteiger partial charge in [0.2, 0.25) is 0 Å². The van der Waals surface area contributed by atoms with Gasteiger partial charge in [-0.15, -0.1) is 24.8 Å². The van der Waals surface area contributed by atoms with Crippen molar-refractivity contribution in [2.24, 2.45) is 5.92 Å². The standard InChI is InChI=1S/C18H17.C9H13.C2H6Si.2ClH.Zr/c1-2-7-14-8-3-5-10-16(14)18-13-12-15-9-4-6-11-17(15)18;1-6-5-7(2)9(4)8(6)3;1-3-2;;;/h3-6,8-13H,2,7H2,1H3;6H,1-4H3;1-2H3;2*1H;. The summed E-state index contributed by atoms with van der Waals surface area (Å²) >= 11 is -1.92. The number of halogens is 2. The van der Waals surface area contributed by atoms with Gasteiger partial charge < -0.3 is 0 Å². The second kappa shape index (κ2) is 11.9. The van der Waals surface area contributed by atoms with E-state index in [0.29, 0.717) is 9.54 Å². The number of hydrogen-bond acceptors (Lipinski definition) is 0. The molecule has 0 aliphatic heterocycles. The van der Waals surface area contributed by atoms with Gasteiger partial charge in [-0.3, -0.25) is 0 Å². The molecule has 0 heterocycles. The van der Waals surface area contributed by atoms with Crippen LogP contribution in [-0.4, -0.2) is 5.43 Å². The smallest absolute Gasteiger partial charge is 0.147 e.